The van der Waals surface area contributed by atoms with Gasteiger partial charge in [0.05, 0.1) is 23.4 Å². The molecule has 1 N–H and O–H groups in total. The van der Waals surface area contributed by atoms with Gasteiger partial charge >= 0.3 is 0 Å². The molecule has 0 saturated heterocycles. The smallest absolute Gasteiger partial charge is 0.255 e. The number of aromatic nitrogens is 5. The van der Waals surface area contributed by atoms with Crippen LogP contribution in [0, 0.1) is 0 Å². The van der Waals surface area contributed by atoms with Crippen LogP contribution in [0.1, 0.15) is 15.9 Å². The van der Waals surface area contributed by atoms with Crippen LogP contribution in [-0.4, -0.2) is 52.3 Å². The maximum atomic E-state index is 12.6. The number of pyridine rings is 1. The molecule has 0 aliphatic heterocycles. The van der Waals surface area contributed by atoms with E-state index in [1.54, 1.807) is 12.3 Å². The molecule has 2 heterocycles. The third-order valence-electron chi connectivity index (χ3n) is 3.83. The topological polar surface area (TPSA) is 98.1 Å². The maximum Gasteiger partial charge on any atom is 0.255 e. The fourth-order valence-corrected chi connectivity index (χ4v) is 2.65. The van der Waals surface area contributed by atoms with Gasteiger partial charge in [-0.1, -0.05) is 17.7 Å². The van der Waals surface area contributed by atoms with Crippen molar-refractivity contribution in [3.8, 4) is 11.4 Å². The molecule has 9 nitrogen and oxygen atoms in total. The van der Waals surface area contributed by atoms with E-state index in [9.17, 15) is 4.79 Å². The zero-order valence-corrected chi connectivity index (χ0v) is 15.8. The fraction of sp³-hybridized carbons (Fsp3) is 0.235. The minimum absolute atomic E-state index is 0.311. The monoisotopic (exact) mass is 387 g/mol. The summed E-state index contributed by atoms with van der Waals surface area (Å²) in [5.74, 6) is 0.897. The Hall–Kier alpha value is -3.20. The van der Waals surface area contributed by atoms with E-state index in [0.29, 0.717) is 28.6 Å². The minimum Gasteiger partial charge on any atom is -0.496 e. The number of nitrogens with zero attached hydrogens (tertiary/aromatic N) is 6. The quantitative estimate of drug-likeness (QED) is 0.687. The lowest BCUT2D eigenvalue weighted by Gasteiger charge is -2.13. The number of carbonyl (C=O) groups is 1. The van der Waals surface area contributed by atoms with Gasteiger partial charge in [-0.15, -0.1) is 5.10 Å². The molecular formula is C17H18ClN7O2. The number of carbonyl (C=O) groups excluding carboxylic acids is 1. The van der Waals surface area contributed by atoms with E-state index in [1.807, 2.05) is 31.1 Å². The summed E-state index contributed by atoms with van der Waals surface area (Å²) < 4.78 is 6.73. The second-order valence-electron chi connectivity index (χ2n) is 5.86. The molecule has 0 radical (unpaired) electrons. The summed E-state index contributed by atoms with van der Waals surface area (Å²) in [7, 11) is 5.31. The number of amides is 1. The number of tetrazole rings is 1. The van der Waals surface area contributed by atoms with Crippen molar-refractivity contribution in [1.82, 2.24) is 30.5 Å². The fourth-order valence-electron chi connectivity index (χ4n) is 2.40. The molecule has 0 spiro atoms. The summed E-state index contributed by atoms with van der Waals surface area (Å²) in [6.45, 7) is 0.328. The second-order valence-corrected chi connectivity index (χ2v) is 6.27. The van der Waals surface area contributed by atoms with Gasteiger partial charge in [0.1, 0.15) is 17.9 Å². The van der Waals surface area contributed by atoms with Gasteiger partial charge in [0.25, 0.3) is 5.91 Å². The molecule has 0 aliphatic rings. The normalized spacial score (nSPS) is 10.5. The number of hydrogen-bond donors (Lipinski definition) is 1. The summed E-state index contributed by atoms with van der Waals surface area (Å²) in [6, 6.07) is 6.94. The number of methoxy groups -OCH3 is 1. The molecule has 27 heavy (non-hydrogen) atoms. The van der Waals surface area contributed by atoms with Gasteiger partial charge in [-0.25, -0.2) is 4.98 Å². The molecule has 0 bridgehead atoms. The Morgan fingerprint density at radius 1 is 1.33 bits per heavy atom. The van der Waals surface area contributed by atoms with Crippen LogP contribution in [0.15, 0.2) is 36.8 Å². The van der Waals surface area contributed by atoms with Crippen molar-refractivity contribution in [3.63, 3.8) is 0 Å². The molecule has 3 rings (SSSR count). The van der Waals surface area contributed by atoms with E-state index >= 15 is 0 Å². The average Bonchev–Trinajstić information content (AvgIpc) is 3.20. The molecular weight excluding hydrogens is 370 g/mol. The summed E-state index contributed by atoms with van der Waals surface area (Å²) in [5.41, 5.74) is 1.71. The van der Waals surface area contributed by atoms with Crippen molar-refractivity contribution in [2.24, 2.45) is 0 Å². The Balaban J connectivity index is 1.77. The van der Waals surface area contributed by atoms with E-state index < -0.39 is 0 Å². The van der Waals surface area contributed by atoms with Crippen LogP contribution in [0.3, 0.4) is 0 Å². The summed E-state index contributed by atoms with van der Waals surface area (Å²) in [5, 5.41) is 14.1. The van der Waals surface area contributed by atoms with Gasteiger partial charge in [-0.05, 0) is 28.1 Å². The summed E-state index contributed by atoms with van der Waals surface area (Å²) >= 11 is 6.29. The number of nitrogens with one attached hydrogen (secondary N) is 1. The Labute approximate surface area is 160 Å². The molecule has 0 unspecified atom stereocenters. The second kappa shape index (κ2) is 8.00. The first-order valence-electron chi connectivity index (χ1n) is 8.01. The molecule has 0 saturated carbocycles. The Bertz CT molecular complexity index is 927. The Morgan fingerprint density at radius 3 is 2.74 bits per heavy atom. The number of hydrogen-bond acceptors (Lipinski definition) is 7. The van der Waals surface area contributed by atoms with Gasteiger partial charge in [0, 0.05) is 32.9 Å². The molecule has 0 atom stereocenters. The highest BCUT2D eigenvalue weighted by Gasteiger charge is 2.17. The number of halogens is 1. The predicted octanol–water partition coefficient (Wildman–Crippen LogP) is 1.72. The van der Waals surface area contributed by atoms with Crippen LogP contribution >= 0.6 is 11.6 Å². The van der Waals surface area contributed by atoms with Crippen LogP contribution in [0.5, 0.6) is 5.75 Å². The van der Waals surface area contributed by atoms with Crippen LogP contribution in [0.2, 0.25) is 5.02 Å². The number of ether oxygens (including phenoxy) is 1. The SMILES string of the molecule is COc1cc(-n2cnnn2)c(Cl)cc1C(=O)NCc1ccc(N(C)C)nc1. The van der Waals surface area contributed by atoms with Gasteiger partial charge in [-0.3, -0.25) is 4.79 Å². The molecule has 1 aromatic carbocycles. The first-order chi connectivity index (χ1) is 13.0. The van der Waals surface area contributed by atoms with Crippen LogP contribution in [0.25, 0.3) is 5.69 Å². The molecule has 1 amide bonds. The summed E-state index contributed by atoms with van der Waals surface area (Å²) in [6.07, 6.45) is 3.13. The Morgan fingerprint density at radius 2 is 2.15 bits per heavy atom. The third-order valence-corrected chi connectivity index (χ3v) is 4.13. The van der Waals surface area contributed by atoms with Gasteiger partial charge in [0.2, 0.25) is 0 Å². The van der Waals surface area contributed by atoms with Crippen molar-refractivity contribution in [3.05, 3.63) is 52.9 Å². The number of rotatable bonds is 6. The largest absolute Gasteiger partial charge is 0.496 e. The lowest BCUT2D eigenvalue weighted by atomic mass is 10.1. The Kier molecular flexibility index (Phi) is 5.51. The predicted molar refractivity (Wildman–Crippen MR) is 100 cm³/mol. The molecule has 0 aliphatic carbocycles. The highest BCUT2D eigenvalue weighted by Crippen LogP contribution is 2.29. The minimum atomic E-state index is -0.311. The molecule has 3 aromatic rings. The van der Waals surface area contributed by atoms with Gasteiger partial charge < -0.3 is 15.0 Å². The van der Waals surface area contributed by atoms with E-state index in [0.717, 1.165) is 11.4 Å². The van der Waals surface area contributed by atoms with E-state index in [2.05, 4.69) is 25.8 Å². The first kappa shape index (κ1) is 18.6. The zero-order valence-electron chi connectivity index (χ0n) is 15.0. The van der Waals surface area contributed by atoms with Crippen molar-refractivity contribution in [2.45, 2.75) is 6.54 Å². The van der Waals surface area contributed by atoms with Gasteiger partial charge in [-0.2, -0.15) is 4.68 Å². The summed E-state index contributed by atoms with van der Waals surface area (Å²) in [4.78, 5) is 18.8. The standard InChI is InChI=1S/C17H18ClN7O2/c1-24(2)16-5-4-11(8-19-16)9-20-17(26)12-6-13(18)14(7-15(12)27-3)25-10-21-22-23-25/h4-8,10H,9H2,1-3H3,(H,20,26). The third kappa shape index (κ3) is 4.14. The van der Waals surface area contributed by atoms with Crippen LogP contribution < -0.4 is 15.0 Å². The van der Waals surface area contributed by atoms with Gasteiger partial charge in [0.15, 0.2) is 0 Å². The lowest BCUT2D eigenvalue weighted by Crippen LogP contribution is -2.23. The van der Waals surface area contributed by atoms with Crippen molar-refractivity contribution >= 4 is 23.3 Å². The van der Waals surface area contributed by atoms with Crippen molar-refractivity contribution in [1.29, 1.82) is 0 Å². The van der Waals surface area contributed by atoms with Crippen molar-refractivity contribution in [2.75, 3.05) is 26.1 Å². The first-order valence-corrected chi connectivity index (χ1v) is 8.38. The van der Waals surface area contributed by atoms with E-state index in [1.165, 1.54) is 24.2 Å². The molecule has 0 fully saturated rings. The lowest BCUT2D eigenvalue weighted by molar-refractivity contribution is 0.0948. The molecule has 10 heteroatoms. The highest BCUT2D eigenvalue weighted by molar-refractivity contribution is 6.33. The molecule has 140 valence electrons. The van der Waals surface area contributed by atoms with E-state index in [-0.39, 0.29) is 5.91 Å². The maximum absolute atomic E-state index is 12.6. The number of anilines is 1. The average molecular weight is 388 g/mol. The van der Waals surface area contributed by atoms with Crippen LogP contribution in [0.4, 0.5) is 5.82 Å². The highest BCUT2D eigenvalue weighted by atomic mass is 35.5. The van der Waals surface area contributed by atoms with Crippen molar-refractivity contribution < 1.29 is 9.53 Å². The van der Waals surface area contributed by atoms with Crippen LogP contribution in [-0.2, 0) is 6.54 Å². The zero-order chi connectivity index (χ0) is 19.4. The number of benzene rings is 1. The molecule has 2 aromatic heterocycles. The van der Waals surface area contributed by atoms with E-state index in [4.69, 9.17) is 16.3 Å².